The first-order valence-electron chi connectivity index (χ1n) is 9.16. The maximum atomic E-state index is 10.7. The van der Waals surface area contributed by atoms with Gasteiger partial charge in [0.15, 0.2) is 0 Å². The summed E-state index contributed by atoms with van der Waals surface area (Å²) in [6.07, 6.45) is 6.59. The van der Waals surface area contributed by atoms with Crippen LogP contribution in [0.4, 0.5) is 0 Å². The van der Waals surface area contributed by atoms with Crippen LogP contribution in [0.5, 0.6) is 11.5 Å². The van der Waals surface area contributed by atoms with Crippen molar-refractivity contribution in [3.63, 3.8) is 0 Å². The molecular weight excluding hydrogens is 300 g/mol. The molecule has 2 N–H and O–H groups in total. The van der Waals surface area contributed by atoms with Crippen LogP contribution < -0.4 is 4.74 Å². The molecule has 0 fully saturated rings. The highest BCUT2D eigenvalue weighted by molar-refractivity contribution is 5.52. The molecule has 0 saturated heterocycles. The zero-order valence-electron chi connectivity index (χ0n) is 15.3. The lowest BCUT2D eigenvalue weighted by molar-refractivity contribution is 0.00753. The Labute approximate surface area is 145 Å². The second-order valence-corrected chi connectivity index (χ2v) is 8.18. The molecule has 3 heteroatoms. The highest BCUT2D eigenvalue weighted by atomic mass is 16.5. The zero-order valence-corrected chi connectivity index (χ0v) is 15.3. The normalized spacial score (nSPS) is 26.0. The molecule has 1 aromatic carbocycles. The van der Waals surface area contributed by atoms with Crippen LogP contribution in [0, 0.1) is 5.92 Å². The van der Waals surface area contributed by atoms with Gasteiger partial charge in [0, 0.05) is 17.4 Å². The van der Waals surface area contributed by atoms with Crippen molar-refractivity contribution in [2.24, 2.45) is 5.92 Å². The predicted octanol–water partition coefficient (Wildman–Crippen LogP) is 4.71. The van der Waals surface area contributed by atoms with E-state index in [1.807, 2.05) is 13.0 Å². The lowest BCUT2D eigenvalue weighted by Crippen LogP contribution is -2.45. The van der Waals surface area contributed by atoms with Crippen molar-refractivity contribution >= 4 is 0 Å². The molecule has 3 atom stereocenters. The fourth-order valence-corrected chi connectivity index (χ4v) is 4.37. The van der Waals surface area contributed by atoms with E-state index in [0.29, 0.717) is 17.6 Å². The molecule has 2 aliphatic rings. The maximum absolute atomic E-state index is 10.7. The van der Waals surface area contributed by atoms with Gasteiger partial charge in [0.05, 0.1) is 6.10 Å². The number of phenolic OH excluding ortho intramolecular Hbond substituents is 1. The minimum atomic E-state index is -0.274. The van der Waals surface area contributed by atoms with Crippen LogP contribution in [-0.4, -0.2) is 21.9 Å². The van der Waals surface area contributed by atoms with Crippen LogP contribution in [0.1, 0.15) is 70.4 Å². The summed E-state index contributed by atoms with van der Waals surface area (Å²) >= 11 is 0. The van der Waals surface area contributed by atoms with Gasteiger partial charge < -0.3 is 14.9 Å². The molecule has 3 nitrogen and oxygen atoms in total. The quantitative estimate of drug-likeness (QED) is 0.786. The van der Waals surface area contributed by atoms with Crippen LogP contribution in [0.25, 0.3) is 0 Å². The molecule has 1 aliphatic heterocycles. The molecule has 0 radical (unpaired) electrons. The number of aryl methyl sites for hydroxylation is 1. The molecule has 1 aromatic rings. The van der Waals surface area contributed by atoms with Crippen LogP contribution in [-0.2, 0) is 6.42 Å². The number of aromatic hydroxyl groups is 1. The van der Waals surface area contributed by atoms with Gasteiger partial charge in [-0.05, 0) is 77.5 Å². The summed E-state index contributed by atoms with van der Waals surface area (Å²) in [5.41, 5.74) is 3.26. The molecule has 3 unspecified atom stereocenters. The average Bonchev–Trinajstić information content (AvgIpc) is 2.45. The number of phenols is 1. The second kappa shape index (κ2) is 6.44. The number of benzene rings is 1. The van der Waals surface area contributed by atoms with E-state index in [-0.39, 0.29) is 11.7 Å². The van der Waals surface area contributed by atoms with E-state index in [2.05, 4.69) is 32.9 Å². The second-order valence-electron chi connectivity index (χ2n) is 8.18. The Hall–Kier alpha value is -1.48. The number of rotatable bonds is 4. The molecule has 1 heterocycles. The van der Waals surface area contributed by atoms with E-state index in [0.717, 1.165) is 49.0 Å². The van der Waals surface area contributed by atoms with Crippen molar-refractivity contribution in [3.8, 4) is 11.5 Å². The van der Waals surface area contributed by atoms with Gasteiger partial charge in [-0.2, -0.15) is 0 Å². The first-order chi connectivity index (χ1) is 11.3. The van der Waals surface area contributed by atoms with Gasteiger partial charge in [0.25, 0.3) is 0 Å². The van der Waals surface area contributed by atoms with Gasteiger partial charge in [-0.15, -0.1) is 0 Å². The van der Waals surface area contributed by atoms with Crippen molar-refractivity contribution in [1.82, 2.24) is 0 Å². The van der Waals surface area contributed by atoms with E-state index in [1.54, 1.807) is 0 Å². The summed E-state index contributed by atoms with van der Waals surface area (Å²) in [6.45, 7) is 8.33. The van der Waals surface area contributed by atoms with Gasteiger partial charge in [0.2, 0.25) is 0 Å². The number of aliphatic hydroxyl groups excluding tert-OH is 1. The summed E-state index contributed by atoms with van der Waals surface area (Å²) in [7, 11) is 0. The molecule has 0 aromatic heterocycles. The Morgan fingerprint density at radius 3 is 2.79 bits per heavy atom. The molecule has 132 valence electrons. The van der Waals surface area contributed by atoms with E-state index in [4.69, 9.17) is 4.74 Å². The lowest BCUT2D eigenvalue weighted by Gasteiger charge is -2.47. The van der Waals surface area contributed by atoms with Crippen molar-refractivity contribution in [3.05, 3.63) is 34.9 Å². The summed E-state index contributed by atoms with van der Waals surface area (Å²) in [5, 5.41) is 20.1. The van der Waals surface area contributed by atoms with Gasteiger partial charge in [-0.3, -0.25) is 0 Å². The van der Waals surface area contributed by atoms with Crippen molar-refractivity contribution in [2.45, 2.75) is 77.4 Å². The van der Waals surface area contributed by atoms with Gasteiger partial charge in [-0.25, -0.2) is 0 Å². The largest absolute Gasteiger partial charge is 0.508 e. The highest BCUT2D eigenvalue weighted by Crippen LogP contribution is 2.54. The third-order valence-electron chi connectivity index (χ3n) is 5.65. The average molecular weight is 330 g/mol. The Kier molecular flexibility index (Phi) is 4.65. The van der Waals surface area contributed by atoms with E-state index in [9.17, 15) is 10.2 Å². The number of hydrogen-bond donors (Lipinski definition) is 2. The number of fused-ring (bicyclic) bond motifs is 3. The molecule has 1 aliphatic carbocycles. The van der Waals surface area contributed by atoms with Crippen LogP contribution >= 0.6 is 0 Å². The Morgan fingerprint density at radius 1 is 1.33 bits per heavy atom. The summed E-state index contributed by atoms with van der Waals surface area (Å²) in [4.78, 5) is 0. The molecule has 3 rings (SSSR count). The highest BCUT2D eigenvalue weighted by Gasteiger charge is 2.45. The summed E-state index contributed by atoms with van der Waals surface area (Å²) in [5.74, 6) is 1.96. The van der Waals surface area contributed by atoms with Crippen LogP contribution in [0.15, 0.2) is 23.8 Å². The maximum Gasteiger partial charge on any atom is 0.127 e. The summed E-state index contributed by atoms with van der Waals surface area (Å²) in [6, 6.07) is 4.00. The Morgan fingerprint density at radius 2 is 2.08 bits per heavy atom. The molecule has 0 amide bonds. The number of ether oxygens (including phenoxy) is 1. The minimum Gasteiger partial charge on any atom is -0.508 e. The molecule has 24 heavy (non-hydrogen) atoms. The number of allylic oxidation sites excluding steroid dienone is 2. The standard InChI is InChI=1S/C21H30O3/c1-13-8-9-17-16(10-13)20-18(23)11-15(7-5-6-14(2)22)12-19(20)24-21(17,3)4/h8,11-12,14,16-17,22-23H,5-7,9-10H2,1-4H3. The van der Waals surface area contributed by atoms with Crippen molar-refractivity contribution < 1.29 is 14.9 Å². The zero-order chi connectivity index (χ0) is 17.5. The van der Waals surface area contributed by atoms with Gasteiger partial charge in [-0.1, -0.05) is 11.6 Å². The first kappa shape index (κ1) is 17.3. The van der Waals surface area contributed by atoms with Crippen LogP contribution in [0.2, 0.25) is 0 Å². The SMILES string of the molecule is CC1=CCC2C(C1)c1c(O)cc(CCCC(C)O)cc1OC2(C)C. The number of aliphatic hydroxyl groups is 1. The topological polar surface area (TPSA) is 49.7 Å². The third-order valence-corrected chi connectivity index (χ3v) is 5.65. The van der Waals surface area contributed by atoms with Crippen molar-refractivity contribution in [2.75, 3.05) is 0 Å². The molecule has 0 spiro atoms. The fraction of sp³-hybridized carbons (Fsp3) is 0.619. The Balaban J connectivity index is 1.92. The van der Waals surface area contributed by atoms with E-state index >= 15 is 0 Å². The predicted molar refractivity (Wildman–Crippen MR) is 96.7 cm³/mol. The smallest absolute Gasteiger partial charge is 0.127 e. The Bertz CT molecular complexity index is 643. The van der Waals surface area contributed by atoms with E-state index in [1.165, 1.54) is 5.57 Å². The molecular formula is C21H30O3. The van der Waals surface area contributed by atoms with Gasteiger partial charge >= 0.3 is 0 Å². The van der Waals surface area contributed by atoms with Crippen LogP contribution in [0.3, 0.4) is 0 Å². The number of hydrogen-bond acceptors (Lipinski definition) is 3. The third kappa shape index (κ3) is 3.32. The minimum absolute atomic E-state index is 0.223. The van der Waals surface area contributed by atoms with E-state index < -0.39 is 0 Å². The fourth-order valence-electron chi connectivity index (χ4n) is 4.37. The lowest BCUT2D eigenvalue weighted by atomic mass is 9.67. The molecule has 0 bridgehead atoms. The monoisotopic (exact) mass is 330 g/mol. The first-order valence-corrected chi connectivity index (χ1v) is 9.16. The molecule has 0 saturated carbocycles. The summed E-state index contributed by atoms with van der Waals surface area (Å²) < 4.78 is 6.33. The van der Waals surface area contributed by atoms with Gasteiger partial charge in [0.1, 0.15) is 17.1 Å². The van der Waals surface area contributed by atoms with Crippen molar-refractivity contribution in [1.29, 1.82) is 0 Å².